The molecule has 1 aliphatic carbocycles. The number of nitrogens with one attached hydrogen (secondary N) is 2. The van der Waals surface area contributed by atoms with Crippen molar-refractivity contribution >= 4 is 5.91 Å². The molecule has 0 spiro atoms. The third-order valence-electron chi connectivity index (χ3n) is 3.03. The summed E-state index contributed by atoms with van der Waals surface area (Å²) in [6.07, 6.45) is 3.02. The molecule has 0 heterocycles. The van der Waals surface area contributed by atoms with Crippen LogP contribution < -0.4 is 10.6 Å². The van der Waals surface area contributed by atoms with Crippen LogP contribution >= 0.6 is 0 Å². The first-order chi connectivity index (χ1) is 8.78. The Morgan fingerprint density at radius 1 is 1.33 bits per heavy atom. The maximum absolute atomic E-state index is 11.6. The predicted octanol–water partition coefficient (Wildman–Crippen LogP) is 0.937. The first-order valence-electron chi connectivity index (χ1n) is 6.46. The summed E-state index contributed by atoms with van der Waals surface area (Å²) in [7, 11) is 0. The maximum atomic E-state index is 11.6. The van der Waals surface area contributed by atoms with Crippen LogP contribution in [-0.2, 0) is 17.9 Å². The molecule has 4 heteroatoms. The summed E-state index contributed by atoms with van der Waals surface area (Å²) in [5.74, 6) is 0.0672. The van der Waals surface area contributed by atoms with Gasteiger partial charge in [-0.25, -0.2) is 0 Å². The smallest absolute Gasteiger partial charge is 0.221 e. The quantitative estimate of drug-likeness (QED) is 0.673. The van der Waals surface area contributed by atoms with Crippen LogP contribution in [0.15, 0.2) is 24.3 Å². The van der Waals surface area contributed by atoms with Gasteiger partial charge in [0.15, 0.2) is 0 Å². The van der Waals surface area contributed by atoms with Gasteiger partial charge in [0.1, 0.15) is 0 Å². The largest absolute Gasteiger partial charge is 0.392 e. The SMILES string of the molecule is O=C(CCNC1CC1)NCc1cccc(CO)c1. The van der Waals surface area contributed by atoms with Gasteiger partial charge in [-0.3, -0.25) is 4.79 Å². The number of amides is 1. The molecule has 1 saturated carbocycles. The van der Waals surface area contributed by atoms with E-state index in [9.17, 15) is 4.79 Å². The molecule has 0 radical (unpaired) electrons. The monoisotopic (exact) mass is 248 g/mol. The highest BCUT2D eigenvalue weighted by Crippen LogP contribution is 2.18. The standard InChI is InChI=1S/C14H20N2O2/c17-10-12-3-1-2-11(8-12)9-16-14(18)6-7-15-13-4-5-13/h1-3,8,13,15,17H,4-7,9-10H2,(H,16,18). The van der Waals surface area contributed by atoms with Gasteiger partial charge < -0.3 is 15.7 Å². The molecule has 1 fully saturated rings. The van der Waals surface area contributed by atoms with Crippen molar-refractivity contribution in [1.82, 2.24) is 10.6 Å². The van der Waals surface area contributed by atoms with Crippen LogP contribution in [0.3, 0.4) is 0 Å². The fraction of sp³-hybridized carbons (Fsp3) is 0.500. The molecule has 0 saturated heterocycles. The molecule has 4 nitrogen and oxygen atoms in total. The summed E-state index contributed by atoms with van der Waals surface area (Å²) in [6.45, 7) is 1.32. The first-order valence-corrected chi connectivity index (χ1v) is 6.46. The lowest BCUT2D eigenvalue weighted by Gasteiger charge is -2.07. The van der Waals surface area contributed by atoms with Crippen LogP contribution in [0.1, 0.15) is 30.4 Å². The van der Waals surface area contributed by atoms with Gasteiger partial charge in [0.05, 0.1) is 6.61 Å². The Balaban J connectivity index is 1.67. The highest BCUT2D eigenvalue weighted by molar-refractivity contribution is 5.76. The van der Waals surface area contributed by atoms with E-state index in [0.717, 1.165) is 17.7 Å². The van der Waals surface area contributed by atoms with E-state index < -0.39 is 0 Å². The van der Waals surface area contributed by atoms with Crippen molar-refractivity contribution in [3.63, 3.8) is 0 Å². The Kier molecular flexibility index (Phi) is 4.73. The molecule has 0 unspecified atom stereocenters. The van der Waals surface area contributed by atoms with Gasteiger partial charge in [-0.1, -0.05) is 24.3 Å². The zero-order valence-electron chi connectivity index (χ0n) is 10.5. The minimum absolute atomic E-state index is 0.0348. The molecule has 0 aliphatic heterocycles. The zero-order valence-corrected chi connectivity index (χ0v) is 10.5. The predicted molar refractivity (Wildman–Crippen MR) is 69.9 cm³/mol. The number of hydrogen-bond acceptors (Lipinski definition) is 3. The molecule has 1 aliphatic rings. The fourth-order valence-electron chi connectivity index (χ4n) is 1.80. The third kappa shape index (κ3) is 4.47. The van der Waals surface area contributed by atoms with Crippen LogP contribution in [-0.4, -0.2) is 23.6 Å². The second-order valence-electron chi connectivity index (χ2n) is 4.73. The Bertz CT molecular complexity index is 403. The van der Waals surface area contributed by atoms with Gasteiger partial charge in [0.25, 0.3) is 0 Å². The number of rotatable bonds is 7. The summed E-state index contributed by atoms with van der Waals surface area (Å²) in [6, 6.07) is 8.26. The third-order valence-corrected chi connectivity index (χ3v) is 3.03. The second kappa shape index (κ2) is 6.52. The molecule has 1 aromatic rings. The molecule has 98 valence electrons. The molecule has 2 rings (SSSR count). The summed E-state index contributed by atoms with van der Waals surface area (Å²) >= 11 is 0. The minimum atomic E-state index is 0.0348. The molecular formula is C14H20N2O2. The number of aliphatic hydroxyl groups is 1. The van der Waals surface area contributed by atoms with Crippen LogP contribution in [0.5, 0.6) is 0 Å². The van der Waals surface area contributed by atoms with E-state index in [1.54, 1.807) is 0 Å². The average molecular weight is 248 g/mol. The van der Waals surface area contributed by atoms with Gasteiger partial charge in [-0.05, 0) is 24.0 Å². The van der Waals surface area contributed by atoms with Crippen LogP contribution in [0.25, 0.3) is 0 Å². The van der Waals surface area contributed by atoms with E-state index >= 15 is 0 Å². The van der Waals surface area contributed by atoms with Crippen molar-refractivity contribution in [2.45, 2.75) is 38.5 Å². The topological polar surface area (TPSA) is 61.4 Å². The Hall–Kier alpha value is -1.39. The molecule has 0 bridgehead atoms. The lowest BCUT2D eigenvalue weighted by Crippen LogP contribution is -2.28. The van der Waals surface area contributed by atoms with E-state index in [1.165, 1.54) is 12.8 Å². The Labute approximate surface area is 107 Å². The number of carbonyl (C=O) groups excluding carboxylic acids is 1. The molecular weight excluding hydrogens is 228 g/mol. The van der Waals surface area contributed by atoms with Crippen LogP contribution in [0.4, 0.5) is 0 Å². The van der Waals surface area contributed by atoms with Crippen molar-refractivity contribution in [3.8, 4) is 0 Å². The summed E-state index contributed by atoms with van der Waals surface area (Å²) in [4.78, 5) is 11.6. The van der Waals surface area contributed by atoms with E-state index in [2.05, 4.69) is 10.6 Å². The van der Waals surface area contributed by atoms with Gasteiger partial charge in [0.2, 0.25) is 5.91 Å². The molecule has 3 N–H and O–H groups in total. The van der Waals surface area contributed by atoms with Gasteiger partial charge in [0, 0.05) is 25.6 Å². The highest BCUT2D eigenvalue weighted by atomic mass is 16.3. The average Bonchev–Trinajstić information content (AvgIpc) is 3.21. The maximum Gasteiger partial charge on any atom is 0.221 e. The lowest BCUT2D eigenvalue weighted by molar-refractivity contribution is -0.121. The number of benzene rings is 1. The van der Waals surface area contributed by atoms with Crippen LogP contribution in [0, 0.1) is 0 Å². The summed E-state index contributed by atoms with van der Waals surface area (Å²) in [5.41, 5.74) is 1.89. The molecule has 18 heavy (non-hydrogen) atoms. The Morgan fingerprint density at radius 3 is 2.83 bits per heavy atom. The molecule has 1 aromatic carbocycles. The fourth-order valence-corrected chi connectivity index (χ4v) is 1.80. The number of hydrogen-bond donors (Lipinski definition) is 3. The van der Waals surface area contributed by atoms with E-state index in [1.807, 2.05) is 24.3 Å². The van der Waals surface area contributed by atoms with Crippen molar-refractivity contribution in [3.05, 3.63) is 35.4 Å². The van der Waals surface area contributed by atoms with Crippen molar-refractivity contribution < 1.29 is 9.90 Å². The van der Waals surface area contributed by atoms with E-state index in [0.29, 0.717) is 19.0 Å². The highest BCUT2D eigenvalue weighted by Gasteiger charge is 2.19. The molecule has 0 atom stereocenters. The van der Waals surface area contributed by atoms with Crippen molar-refractivity contribution in [1.29, 1.82) is 0 Å². The first kappa shape index (κ1) is 13.1. The van der Waals surface area contributed by atoms with Crippen molar-refractivity contribution in [2.24, 2.45) is 0 Å². The van der Waals surface area contributed by atoms with E-state index in [4.69, 9.17) is 5.11 Å². The van der Waals surface area contributed by atoms with Gasteiger partial charge in [-0.2, -0.15) is 0 Å². The molecule has 1 amide bonds. The minimum Gasteiger partial charge on any atom is -0.392 e. The number of aliphatic hydroxyl groups excluding tert-OH is 1. The second-order valence-corrected chi connectivity index (χ2v) is 4.73. The number of carbonyl (C=O) groups is 1. The summed E-state index contributed by atoms with van der Waals surface area (Å²) < 4.78 is 0. The van der Waals surface area contributed by atoms with Crippen molar-refractivity contribution in [2.75, 3.05) is 6.54 Å². The van der Waals surface area contributed by atoms with Crippen LogP contribution in [0.2, 0.25) is 0 Å². The Morgan fingerprint density at radius 2 is 2.11 bits per heavy atom. The molecule has 0 aromatic heterocycles. The van der Waals surface area contributed by atoms with E-state index in [-0.39, 0.29) is 12.5 Å². The zero-order chi connectivity index (χ0) is 12.8. The van der Waals surface area contributed by atoms with Gasteiger partial charge >= 0.3 is 0 Å². The van der Waals surface area contributed by atoms with Gasteiger partial charge in [-0.15, -0.1) is 0 Å². The normalized spacial score (nSPS) is 14.5. The lowest BCUT2D eigenvalue weighted by atomic mass is 10.1. The summed E-state index contributed by atoms with van der Waals surface area (Å²) in [5, 5.41) is 15.2.